The first-order chi connectivity index (χ1) is 11.7. The topological polar surface area (TPSA) is 70.5 Å². The third-order valence-corrected chi connectivity index (χ3v) is 4.01. The molecule has 138 valence electrons. The summed E-state index contributed by atoms with van der Waals surface area (Å²) in [5, 5.41) is 0. The molecule has 0 heterocycles. The average Bonchev–Trinajstić information content (AvgIpc) is 2.58. The summed E-state index contributed by atoms with van der Waals surface area (Å²) >= 11 is 0. The van der Waals surface area contributed by atoms with Gasteiger partial charge >= 0.3 is 0 Å². The minimum atomic E-state index is 0.210. The molecule has 0 amide bonds. The Kier molecular flexibility index (Phi) is 11.7. The van der Waals surface area contributed by atoms with Crippen LogP contribution in [0.25, 0.3) is 0 Å². The molecule has 0 aromatic heterocycles. The predicted molar refractivity (Wildman–Crippen MR) is 101 cm³/mol. The van der Waals surface area contributed by atoms with Crippen LogP contribution in [0.5, 0.6) is 0 Å². The van der Waals surface area contributed by atoms with Crippen molar-refractivity contribution in [2.24, 2.45) is 11.5 Å². The van der Waals surface area contributed by atoms with Crippen LogP contribution >= 0.6 is 0 Å². The molecule has 0 saturated carbocycles. The van der Waals surface area contributed by atoms with Crippen molar-refractivity contribution in [1.29, 1.82) is 0 Å². The zero-order chi connectivity index (χ0) is 17.6. The van der Waals surface area contributed by atoms with Gasteiger partial charge in [0.15, 0.2) is 0 Å². The predicted octanol–water partition coefficient (Wildman–Crippen LogP) is 3.06. The highest BCUT2D eigenvalue weighted by Crippen LogP contribution is 2.15. The van der Waals surface area contributed by atoms with E-state index in [9.17, 15) is 0 Å². The number of hydrogen-bond donors (Lipinski definition) is 2. The van der Waals surface area contributed by atoms with Crippen molar-refractivity contribution < 1.29 is 9.47 Å². The number of benzene rings is 1. The number of ether oxygens (including phenoxy) is 2. The van der Waals surface area contributed by atoms with Gasteiger partial charge < -0.3 is 20.9 Å². The third-order valence-electron chi connectivity index (χ3n) is 4.01. The van der Waals surface area contributed by atoms with Crippen LogP contribution < -0.4 is 11.5 Å². The summed E-state index contributed by atoms with van der Waals surface area (Å²) in [5.74, 6) is 0. The summed E-state index contributed by atoms with van der Waals surface area (Å²) in [6, 6.07) is 8.75. The Morgan fingerprint density at radius 2 is 1.29 bits per heavy atom. The summed E-state index contributed by atoms with van der Waals surface area (Å²) in [7, 11) is 0. The Bertz CT molecular complexity index is 391. The van der Waals surface area contributed by atoms with E-state index in [1.165, 1.54) is 11.1 Å². The van der Waals surface area contributed by atoms with Crippen molar-refractivity contribution in [2.45, 2.75) is 64.6 Å². The molecular weight excluding hydrogens is 300 g/mol. The molecule has 0 fully saturated rings. The van der Waals surface area contributed by atoms with E-state index in [-0.39, 0.29) is 12.2 Å². The smallest absolute Gasteiger partial charge is 0.0627 e. The van der Waals surface area contributed by atoms with E-state index in [1.54, 1.807) is 0 Å². The van der Waals surface area contributed by atoms with Gasteiger partial charge in [0.1, 0.15) is 0 Å². The molecule has 0 aliphatic heterocycles. The maximum Gasteiger partial charge on any atom is 0.0627 e. The highest BCUT2D eigenvalue weighted by molar-refractivity contribution is 5.24. The molecule has 4 heteroatoms. The second-order valence-corrected chi connectivity index (χ2v) is 6.37. The molecule has 24 heavy (non-hydrogen) atoms. The third kappa shape index (κ3) is 8.78. The van der Waals surface area contributed by atoms with Crippen LogP contribution in [0.4, 0.5) is 0 Å². The second-order valence-electron chi connectivity index (χ2n) is 6.37. The highest BCUT2D eigenvalue weighted by Gasteiger charge is 2.12. The summed E-state index contributed by atoms with van der Waals surface area (Å²) in [5.41, 5.74) is 14.1. The van der Waals surface area contributed by atoms with Gasteiger partial charge in [0, 0.05) is 13.2 Å². The van der Waals surface area contributed by atoms with Gasteiger partial charge in [-0.05, 0) is 62.7 Å². The van der Waals surface area contributed by atoms with Gasteiger partial charge in [0.2, 0.25) is 0 Å². The fourth-order valence-corrected chi connectivity index (χ4v) is 2.84. The average molecular weight is 337 g/mol. The Labute approximate surface area is 147 Å². The van der Waals surface area contributed by atoms with Gasteiger partial charge in [0.05, 0.1) is 12.2 Å². The van der Waals surface area contributed by atoms with E-state index in [0.29, 0.717) is 13.1 Å². The van der Waals surface area contributed by atoms with Crippen LogP contribution in [0.2, 0.25) is 0 Å². The first kappa shape index (κ1) is 21.1. The fraction of sp³-hybridized carbons (Fsp3) is 0.700. The molecule has 0 aliphatic carbocycles. The van der Waals surface area contributed by atoms with Gasteiger partial charge in [0.25, 0.3) is 0 Å². The zero-order valence-electron chi connectivity index (χ0n) is 15.5. The van der Waals surface area contributed by atoms with Gasteiger partial charge in [-0.2, -0.15) is 0 Å². The van der Waals surface area contributed by atoms with Crippen molar-refractivity contribution in [3.8, 4) is 0 Å². The Morgan fingerprint density at radius 1 is 0.833 bits per heavy atom. The van der Waals surface area contributed by atoms with Crippen molar-refractivity contribution in [2.75, 3.05) is 26.3 Å². The lowest BCUT2D eigenvalue weighted by Crippen LogP contribution is -2.22. The standard InChI is InChI=1S/C20H36N2O2/c1-3-12-23-19(8-10-21)15-17-6-5-7-18(14-17)16-20(9-11-22)24-13-4-2/h5-7,14,19-20H,3-4,8-13,15-16,21-22H2,1-2H3. The molecule has 1 rings (SSSR count). The number of rotatable bonds is 14. The quantitative estimate of drug-likeness (QED) is 0.548. The molecule has 1 aromatic carbocycles. The summed E-state index contributed by atoms with van der Waals surface area (Å²) in [6.45, 7) is 7.19. The Morgan fingerprint density at radius 3 is 1.67 bits per heavy atom. The Hall–Kier alpha value is -0.940. The number of hydrogen-bond acceptors (Lipinski definition) is 4. The lowest BCUT2D eigenvalue weighted by atomic mass is 9.99. The maximum absolute atomic E-state index is 5.93. The molecule has 4 N–H and O–H groups in total. The van der Waals surface area contributed by atoms with E-state index in [4.69, 9.17) is 20.9 Å². The first-order valence-corrected chi connectivity index (χ1v) is 9.44. The molecule has 2 atom stereocenters. The van der Waals surface area contributed by atoms with Crippen LogP contribution in [0, 0.1) is 0 Å². The van der Waals surface area contributed by atoms with Crippen LogP contribution in [0.15, 0.2) is 24.3 Å². The molecular formula is C20H36N2O2. The van der Waals surface area contributed by atoms with Crippen LogP contribution in [-0.2, 0) is 22.3 Å². The van der Waals surface area contributed by atoms with Crippen molar-refractivity contribution in [3.63, 3.8) is 0 Å². The second kappa shape index (κ2) is 13.4. The molecule has 1 aromatic rings. The van der Waals surface area contributed by atoms with Crippen LogP contribution in [-0.4, -0.2) is 38.5 Å². The van der Waals surface area contributed by atoms with Crippen molar-refractivity contribution >= 4 is 0 Å². The van der Waals surface area contributed by atoms with Gasteiger partial charge in [-0.25, -0.2) is 0 Å². The molecule has 0 radical (unpaired) electrons. The summed E-state index contributed by atoms with van der Waals surface area (Å²) < 4.78 is 11.9. The highest BCUT2D eigenvalue weighted by atomic mass is 16.5. The minimum absolute atomic E-state index is 0.210. The monoisotopic (exact) mass is 336 g/mol. The van der Waals surface area contributed by atoms with Crippen LogP contribution in [0.1, 0.15) is 50.7 Å². The van der Waals surface area contributed by atoms with Crippen molar-refractivity contribution in [3.05, 3.63) is 35.4 Å². The van der Waals surface area contributed by atoms with E-state index >= 15 is 0 Å². The van der Waals surface area contributed by atoms with E-state index < -0.39 is 0 Å². The molecule has 4 nitrogen and oxygen atoms in total. The van der Waals surface area contributed by atoms with E-state index in [1.807, 2.05) is 0 Å². The maximum atomic E-state index is 5.93. The normalized spacial score (nSPS) is 13.8. The van der Waals surface area contributed by atoms with Crippen molar-refractivity contribution in [1.82, 2.24) is 0 Å². The first-order valence-electron chi connectivity index (χ1n) is 9.44. The largest absolute Gasteiger partial charge is 0.378 e. The Balaban J connectivity index is 2.65. The van der Waals surface area contributed by atoms with E-state index in [2.05, 4.69) is 38.1 Å². The van der Waals surface area contributed by atoms with Gasteiger partial charge in [-0.3, -0.25) is 0 Å². The molecule has 2 unspecified atom stereocenters. The van der Waals surface area contributed by atoms with Gasteiger partial charge in [-0.15, -0.1) is 0 Å². The van der Waals surface area contributed by atoms with E-state index in [0.717, 1.165) is 51.7 Å². The molecule has 0 saturated heterocycles. The SMILES string of the molecule is CCCOC(CCN)Cc1cccc(CC(CCN)OCCC)c1. The summed E-state index contributed by atoms with van der Waals surface area (Å²) in [4.78, 5) is 0. The lowest BCUT2D eigenvalue weighted by molar-refractivity contribution is 0.0490. The summed E-state index contributed by atoms with van der Waals surface area (Å²) in [6.07, 6.45) is 6.14. The van der Waals surface area contributed by atoms with Gasteiger partial charge in [-0.1, -0.05) is 38.1 Å². The molecule has 0 spiro atoms. The fourth-order valence-electron chi connectivity index (χ4n) is 2.84. The number of nitrogens with two attached hydrogens (primary N) is 2. The van der Waals surface area contributed by atoms with Crippen LogP contribution in [0.3, 0.4) is 0 Å². The minimum Gasteiger partial charge on any atom is -0.378 e. The molecule has 0 bridgehead atoms. The molecule has 0 aliphatic rings. The lowest BCUT2D eigenvalue weighted by Gasteiger charge is -2.19. The zero-order valence-corrected chi connectivity index (χ0v) is 15.5.